The van der Waals surface area contributed by atoms with Gasteiger partial charge in [0.25, 0.3) is 10.0 Å². The SMILES string of the molecule is Cc1ccc(Cl)c(S(=O)(=O)Nc2ccccc2)c1. The average Bonchev–Trinajstić information content (AvgIpc) is 2.33. The van der Waals surface area contributed by atoms with Crippen molar-refractivity contribution in [2.75, 3.05) is 4.72 Å². The number of aryl methyl sites for hydroxylation is 1. The first-order chi connectivity index (χ1) is 8.49. The summed E-state index contributed by atoms with van der Waals surface area (Å²) in [5.41, 5.74) is 1.35. The lowest BCUT2D eigenvalue weighted by Gasteiger charge is -2.09. The molecule has 0 saturated heterocycles. The molecule has 0 radical (unpaired) electrons. The summed E-state index contributed by atoms with van der Waals surface area (Å²) in [5.74, 6) is 0. The van der Waals surface area contributed by atoms with Crippen molar-refractivity contribution < 1.29 is 8.42 Å². The number of benzene rings is 2. The van der Waals surface area contributed by atoms with Crippen LogP contribution in [0, 0.1) is 6.92 Å². The van der Waals surface area contributed by atoms with E-state index in [1.807, 2.05) is 13.0 Å². The molecule has 2 rings (SSSR count). The summed E-state index contributed by atoms with van der Waals surface area (Å²) in [7, 11) is -3.65. The van der Waals surface area contributed by atoms with Gasteiger partial charge in [0.05, 0.1) is 5.02 Å². The molecule has 0 aliphatic rings. The van der Waals surface area contributed by atoms with Crippen LogP contribution < -0.4 is 4.72 Å². The highest BCUT2D eigenvalue weighted by Crippen LogP contribution is 2.24. The van der Waals surface area contributed by atoms with Crippen LogP contribution in [0.15, 0.2) is 53.4 Å². The molecular formula is C13H12ClNO2S. The van der Waals surface area contributed by atoms with E-state index in [1.165, 1.54) is 0 Å². The largest absolute Gasteiger partial charge is 0.280 e. The van der Waals surface area contributed by atoms with Crippen molar-refractivity contribution in [1.82, 2.24) is 0 Å². The molecule has 94 valence electrons. The minimum atomic E-state index is -3.65. The third kappa shape index (κ3) is 2.83. The van der Waals surface area contributed by atoms with Crippen molar-refractivity contribution in [3.05, 3.63) is 59.1 Å². The summed E-state index contributed by atoms with van der Waals surface area (Å²) in [6, 6.07) is 13.6. The number of halogens is 1. The maximum atomic E-state index is 12.2. The number of hydrogen-bond acceptors (Lipinski definition) is 2. The van der Waals surface area contributed by atoms with Gasteiger partial charge < -0.3 is 0 Å². The van der Waals surface area contributed by atoms with Gasteiger partial charge in [0, 0.05) is 5.69 Å². The van der Waals surface area contributed by atoms with Crippen LogP contribution in [0.4, 0.5) is 5.69 Å². The van der Waals surface area contributed by atoms with Gasteiger partial charge in [0.2, 0.25) is 0 Å². The summed E-state index contributed by atoms with van der Waals surface area (Å²) in [6.45, 7) is 1.82. The Morgan fingerprint density at radius 1 is 1.06 bits per heavy atom. The average molecular weight is 282 g/mol. The van der Waals surface area contributed by atoms with Crippen molar-refractivity contribution in [3.8, 4) is 0 Å². The van der Waals surface area contributed by atoms with Gasteiger partial charge in [-0.3, -0.25) is 4.72 Å². The number of hydrogen-bond donors (Lipinski definition) is 1. The summed E-state index contributed by atoms with van der Waals surface area (Å²) in [4.78, 5) is 0.0908. The first-order valence-corrected chi connectivity index (χ1v) is 7.19. The van der Waals surface area contributed by atoms with Crippen molar-refractivity contribution >= 4 is 27.3 Å². The van der Waals surface area contributed by atoms with Crippen LogP contribution in [-0.4, -0.2) is 8.42 Å². The lowest BCUT2D eigenvalue weighted by atomic mass is 10.2. The van der Waals surface area contributed by atoms with Crippen molar-refractivity contribution in [3.63, 3.8) is 0 Å². The molecule has 2 aromatic rings. The Morgan fingerprint density at radius 3 is 2.39 bits per heavy atom. The molecular weight excluding hydrogens is 270 g/mol. The van der Waals surface area contributed by atoms with E-state index in [2.05, 4.69) is 4.72 Å². The normalized spacial score (nSPS) is 11.2. The summed E-state index contributed by atoms with van der Waals surface area (Å²) in [5, 5.41) is 0.212. The van der Waals surface area contributed by atoms with E-state index in [0.717, 1.165) is 5.56 Å². The summed E-state index contributed by atoms with van der Waals surface area (Å²) >= 11 is 5.93. The number of nitrogens with one attached hydrogen (secondary N) is 1. The first-order valence-electron chi connectivity index (χ1n) is 5.33. The molecule has 2 aromatic carbocycles. The fourth-order valence-corrected chi connectivity index (χ4v) is 3.18. The third-order valence-corrected chi connectivity index (χ3v) is 4.27. The Hall–Kier alpha value is -1.52. The minimum Gasteiger partial charge on any atom is -0.280 e. The van der Waals surface area contributed by atoms with Crippen molar-refractivity contribution in [2.24, 2.45) is 0 Å². The van der Waals surface area contributed by atoms with Crippen LogP contribution in [0.2, 0.25) is 5.02 Å². The molecule has 1 N–H and O–H groups in total. The fraction of sp³-hybridized carbons (Fsp3) is 0.0769. The first kappa shape index (κ1) is 12.9. The van der Waals surface area contributed by atoms with E-state index in [0.29, 0.717) is 5.69 Å². The van der Waals surface area contributed by atoms with Crippen molar-refractivity contribution in [2.45, 2.75) is 11.8 Å². The second kappa shape index (κ2) is 5.00. The molecule has 3 nitrogen and oxygen atoms in total. The monoisotopic (exact) mass is 281 g/mol. The van der Waals surface area contributed by atoms with Gasteiger partial charge in [-0.2, -0.15) is 0 Å². The standard InChI is InChI=1S/C13H12ClNO2S/c1-10-7-8-12(14)13(9-10)18(16,17)15-11-5-3-2-4-6-11/h2-9,15H,1H3. The topological polar surface area (TPSA) is 46.2 Å². The number of para-hydroxylation sites is 1. The van der Waals surface area contributed by atoms with E-state index in [-0.39, 0.29) is 9.92 Å². The zero-order valence-electron chi connectivity index (χ0n) is 9.72. The van der Waals surface area contributed by atoms with Crippen LogP contribution >= 0.6 is 11.6 Å². The van der Waals surface area contributed by atoms with Crippen LogP contribution in [0.3, 0.4) is 0 Å². The maximum absolute atomic E-state index is 12.2. The molecule has 0 bridgehead atoms. The Balaban J connectivity index is 2.40. The second-order valence-corrected chi connectivity index (χ2v) is 5.96. The van der Waals surface area contributed by atoms with Crippen LogP contribution in [0.5, 0.6) is 0 Å². The van der Waals surface area contributed by atoms with Gasteiger partial charge in [0.15, 0.2) is 0 Å². The third-order valence-electron chi connectivity index (χ3n) is 2.40. The van der Waals surface area contributed by atoms with E-state index in [4.69, 9.17) is 11.6 Å². The molecule has 0 aliphatic carbocycles. The maximum Gasteiger partial charge on any atom is 0.263 e. The molecule has 0 unspecified atom stereocenters. The molecule has 5 heteroatoms. The number of rotatable bonds is 3. The second-order valence-electron chi connectivity index (χ2n) is 3.91. The van der Waals surface area contributed by atoms with E-state index >= 15 is 0 Å². The fourth-order valence-electron chi connectivity index (χ4n) is 1.53. The van der Waals surface area contributed by atoms with Gasteiger partial charge in [-0.15, -0.1) is 0 Å². The zero-order valence-corrected chi connectivity index (χ0v) is 11.3. The molecule has 0 fully saturated rings. The van der Waals surface area contributed by atoms with Gasteiger partial charge in [0.1, 0.15) is 4.90 Å². The molecule has 0 spiro atoms. The van der Waals surface area contributed by atoms with Gasteiger partial charge >= 0.3 is 0 Å². The van der Waals surface area contributed by atoms with Gasteiger partial charge in [-0.05, 0) is 36.8 Å². The Labute approximate surface area is 111 Å². The molecule has 0 atom stereocenters. The lowest BCUT2D eigenvalue weighted by Crippen LogP contribution is -2.13. The summed E-state index contributed by atoms with van der Waals surface area (Å²) in [6.07, 6.45) is 0. The minimum absolute atomic E-state index is 0.0908. The predicted octanol–water partition coefficient (Wildman–Crippen LogP) is 3.45. The highest BCUT2D eigenvalue weighted by Gasteiger charge is 2.17. The quantitative estimate of drug-likeness (QED) is 0.937. The molecule has 0 amide bonds. The van der Waals surface area contributed by atoms with Crippen LogP contribution in [-0.2, 0) is 10.0 Å². The molecule has 0 saturated carbocycles. The number of anilines is 1. The number of sulfonamides is 1. The predicted molar refractivity (Wildman–Crippen MR) is 73.4 cm³/mol. The summed E-state index contributed by atoms with van der Waals surface area (Å²) < 4.78 is 26.8. The highest BCUT2D eigenvalue weighted by atomic mass is 35.5. The Morgan fingerprint density at radius 2 is 1.72 bits per heavy atom. The molecule has 0 aliphatic heterocycles. The molecule has 18 heavy (non-hydrogen) atoms. The van der Waals surface area contributed by atoms with E-state index in [9.17, 15) is 8.42 Å². The molecule has 0 heterocycles. The van der Waals surface area contributed by atoms with Crippen LogP contribution in [0.25, 0.3) is 0 Å². The lowest BCUT2D eigenvalue weighted by molar-refractivity contribution is 0.601. The zero-order chi connectivity index (χ0) is 13.2. The Kier molecular flexibility index (Phi) is 3.59. The van der Waals surface area contributed by atoms with Gasteiger partial charge in [-0.25, -0.2) is 8.42 Å². The van der Waals surface area contributed by atoms with E-state index in [1.54, 1.807) is 42.5 Å². The highest BCUT2D eigenvalue weighted by molar-refractivity contribution is 7.92. The van der Waals surface area contributed by atoms with Gasteiger partial charge in [-0.1, -0.05) is 35.9 Å². The Bertz CT molecular complexity index is 654. The van der Waals surface area contributed by atoms with Crippen LogP contribution in [0.1, 0.15) is 5.56 Å². The molecule has 0 aromatic heterocycles. The smallest absolute Gasteiger partial charge is 0.263 e. The van der Waals surface area contributed by atoms with Crippen molar-refractivity contribution in [1.29, 1.82) is 0 Å². The van der Waals surface area contributed by atoms with E-state index < -0.39 is 10.0 Å².